The summed E-state index contributed by atoms with van der Waals surface area (Å²) < 4.78 is 13.0. The maximum atomic E-state index is 13.7. The van der Waals surface area contributed by atoms with Crippen LogP contribution in [0.25, 0.3) is 0 Å². The van der Waals surface area contributed by atoms with Gasteiger partial charge in [0.1, 0.15) is 6.04 Å². The van der Waals surface area contributed by atoms with Gasteiger partial charge in [0.05, 0.1) is 19.3 Å². The molecule has 0 saturated heterocycles. The maximum Gasteiger partial charge on any atom is 0.255 e. The van der Waals surface area contributed by atoms with Crippen LogP contribution < -0.4 is 20.1 Å². The number of anilines is 2. The SMILES string of the molecule is CCOc1ccc([C@H]2C(C(=O)Nc3ccccc3C)=C(C)Nc3nc(CCCO)nn32)cc1OC. The van der Waals surface area contributed by atoms with Gasteiger partial charge in [0.15, 0.2) is 17.3 Å². The second kappa shape index (κ2) is 10.6. The molecule has 3 N–H and O–H groups in total. The Morgan fingerprint density at radius 1 is 1.20 bits per heavy atom. The Morgan fingerprint density at radius 2 is 2.00 bits per heavy atom. The number of nitrogens with one attached hydrogen (secondary N) is 2. The second-order valence-electron chi connectivity index (χ2n) is 8.30. The Labute approximate surface area is 204 Å². The van der Waals surface area contributed by atoms with E-state index in [1.807, 2.05) is 63.2 Å². The zero-order valence-electron chi connectivity index (χ0n) is 20.5. The Kier molecular flexibility index (Phi) is 7.36. The average Bonchev–Trinajstić information content (AvgIpc) is 3.26. The number of aryl methyl sites for hydroxylation is 2. The van der Waals surface area contributed by atoms with Gasteiger partial charge >= 0.3 is 0 Å². The van der Waals surface area contributed by atoms with E-state index in [1.165, 1.54) is 0 Å². The van der Waals surface area contributed by atoms with Gasteiger partial charge in [0.25, 0.3) is 5.91 Å². The molecule has 0 saturated carbocycles. The maximum absolute atomic E-state index is 13.7. The quantitative estimate of drug-likeness (QED) is 0.429. The molecule has 0 bridgehead atoms. The minimum Gasteiger partial charge on any atom is -0.493 e. The highest BCUT2D eigenvalue weighted by molar-refractivity contribution is 6.06. The predicted molar refractivity (Wildman–Crippen MR) is 134 cm³/mol. The van der Waals surface area contributed by atoms with Crippen molar-refractivity contribution in [2.24, 2.45) is 0 Å². The fourth-order valence-corrected chi connectivity index (χ4v) is 4.17. The van der Waals surface area contributed by atoms with Gasteiger partial charge in [-0.3, -0.25) is 4.79 Å². The fraction of sp³-hybridized carbons (Fsp3) is 0.346. The van der Waals surface area contributed by atoms with Gasteiger partial charge in [-0.2, -0.15) is 10.1 Å². The van der Waals surface area contributed by atoms with E-state index >= 15 is 0 Å². The fourth-order valence-electron chi connectivity index (χ4n) is 4.17. The Balaban J connectivity index is 1.80. The molecule has 2 aromatic carbocycles. The minimum absolute atomic E-state index is 0.0538. The third kappa shape index (κ3) is 5.00. The van der Waals surface area contributed by atoms with Crippen molar-refractivity contribution in [3.63, 3.8) is 0 Å². The summed E-state index contributed by atoms with van der Waals surface area (Å²) >= 11 is 0. The van der Waals surface area contributed by atoms with Crippen LogP contribution >= 0.6 is 0 Å². The molecular weight excluding hydrogens is 446 g/mol. The lowest BCUT2D eigenvalue weighted by Gasteiger charge is -2.29. The van der Waals surface area contributed by atoms with Crippen LogP contribution in [0.2, 0.25) is 0 Å². The molecule has 0 fully saturated rings. The number of ether oxygens (including phenoxy) is 2. The summed E-state index contributed by atoms with van der Waals surface area (Å²) in [6, 6.07) is 12.7. The lowest BCUT2D eigenvalue weighted by molar-refractivity contribution is -0.113. The number of hydrogen-bond donors (Lipinski definition) is 3. The highest BCUT2D eigenvalue weighted by atomic mass is 16.5. The van der Waals surface area contributed by atoms with Gasteiger partial charge in [0.2, 0.25) is 5.95 Å². The van der Waals surface area contributed by atoms with E-state index in [1.54, 1.807) is 11.8 Å². The van der Waals surface area contributed by atoms with Gasteiger partial charge in [-0.1, -0.05) is 24.3 Å². The number of carbonyl (C=O) groups excluding carboxylic acids is 1. The van der Waals surface area contributed by atoms with Crippen molar-refractivity contribution in [1.82, 2.24) is 14.8 Å². The molecule has 0 spiro atoms. The number of allylic oxidation sites excluding steroid dienone is 1. The Hall–Kier alpha value is -3.85. The van der Waals surface area contributed by atoms with Crippen molar-refractivity contribution in [2.45, 2.75) is 39.7 Å². The van der Waals surface area contributed by atoms with Gasteiger partial charge in [0, 0.05) is 24.4 Å². The standard InChI is InChI=1S/C26H31N5O4/c1-5-35-20-13-12-18(15-21(20)34-4)24-23(25(33)28-19-10-7-6-9-16(19)2)17(3)27-26-29-22(11-8-14-32)30-31(24)26/h6-7,9-10,12-13,15,24,32H,5,8,11,14H2,1-4H3,(H,28,33)(H,27,29,30)/t24-/m0/s1. The highest BCUT2D eigenvalue weighted by Gasteiger charge is 2.35. The monoisotopic (exact) mass is 477 g/mol. The second-order valence-corrected chi connectivity index (χ2v) is 8.30. The molecule has 4 rings (SSSR count). The molecule has 9 nitrogen and oxygen atoms in total. The number of amides is 1. The van der Waals surface area contributed by atoms with Crippen molar-refractivity contribution in [3.8, 4) is 11.5 Å². The Morgan fingerprint density at radius 3 is 2.71 bits per heavy atom. The number of hydrogen-bond acceptors (Lipinski definition) is 7. The lowest BCUT2D eigenvalue weighted by atomic mass is 9.94. The first kappa shape index (κ1) is 24.3. The molecule has 0 unspecified atom stereocenters. The van der Waals surface area contributed by atoms with E-state index in [2.05, 4.69) is 15.6 Å². The number of nitrogens with zero attached hydrogens (tertiary/aromatic N) is 3. The normalized spacial score (nSPS) is 14.8. The predicted octanol–water partition coefficient (Wildman–Crippen LogP) is 3.85. The summed E-state index contributed by atoms with van der Waals surface area (Å²) in [5, 5.41) is 20.2. The zero-order chi connectivity index (χ0) is 24.9. The number of aromatic nitrogens is 3. The van der Waals surface area contributed by atoms with E-state index in [0.717, 1.165) is 16.8 Å². The molecule has 1 aliphatic rings. The highest BCUT2D eigenvalue weighted by Crippen LogP contribution is 2.39. The summed E-state index contributed by atoms with van der Waals surface area (Å²) in [6.45, 7) is 6.28. The number of benzene rings is 2. The van der Waals surface area contributed by atoms with Gasteiger partial charge < -0.3 is 25.2 Å². The van der Waals surface area contributed by atoms with E-state index in [4.69, 9.17) is 14.6 Å². The van der Waals surface area contributed by atoms with E-state index in [0.29, 0.717) is 54.0 Å². The van der Waals surface area contributed by atoms with Crippen LogP contribution in [0.4, 0.5) is 11.6 Å². The third-order valence-corrected chi connectivity index (χ3v) is 5.90. The number of aliphatic hydroxyl groups is 1. The summed E-state index contributed by atoms with van der Waals surface area (Å²) in [7, 11) is 1.59. The largest absolute Gasteiger partial charge is 0.493 e. The topological polar surface area (TPSA) is 111 Å². The molecule has 2 heterocycles. The summed E-state index contributed by atoms with van der Waals surface area (Å²) in [5.74, 6) is 2.10. The van der Waals surface area contributed by atoms with E-state index in [-0.39, 0.29) is 12.5 Å². The van der Waals surface area contributed by atoms with Crippen molar-refractivity contribution < 1.29 is 19.4 Å². The first-order chi connectivity index (χ1) is 17.0. The van der Waals surface area contributed by atoms with Crippen LogP contribution in [-0.2, 0) is 11.2 Å². The molecule has 184 valence electrons. The molecule has 9 heteroatoms. The number of aliphatic hydroxyl groups excluding tert-OH is 1. The zero-order valence-corrected chi connectivity index (χ0v) is 20.5. The van der Waals surface area contributed by atoms with Crippen molar-refractivity contribution >= 4 is 17.5 Å². The van der Waals surface area contributed by atoms with Crippen LogP contribution in [0.5, 0.6) is 11.5 Å². The molecule has 3 aromatic rings. The summed E-state index contributed by atoms with van der Waals surface area (Å²) in [5.41, 5.74) is 3.72. The molecule has 0 aliphatic carbocycles. The molecule has 1 aromatic heterocycles. The van der Waals surface area contributed by atoms with Crippen LogP contribution in [-0.4, -0.2) is 46.1 Å². The minimum atomic E-state index is -0.546. The van der Waals surface area contributed by atoms with Crippen molar-refractivity contribution in [2.75, 3.05) is 31.0 Å². The van der Waals surface area contributed by atoms with Gasteiger partial charge in [-0.15, -0.1) is 0 Å². The van der Waals surface area contributed by atoms with Crippen LogP contribution in [0.1, 0.15) is 43.3 Å². The molecule has 1 amide bonds. The lowest BCUT2D eigenvalue weighted by Crippen LogP contribution is -2.31. The van der Waals surface area contributed by atoms with E-state index in [9.17, 15) is 9.90 Å². The first-order valence-electron chi connectivity index (χ1n) is 11.7. The summed E-state index contributed by atoms with van der Waals surface area (Å²) in [6.07, 6.45) is 1.08. The Bertz CT molecular complexity index is 1250. The summed E-state index contributed by atoms with van der Waals surface area (Å²) in [4.78, 5) is 18.3. The van der Waals surface area contributed by atoms with Crippen LogP contribution in [0, 0.1) is 6.92 Å². The number of methoxy groups -OCH3 is 1. The van der Waals surface area contributed by atoms with Crippen molar-refractivity contribution in [1.29, 1.82) is 0 Å². The molecule has 1 atom stereocenters. The number of para-hydroxylation sites is 1. The van der Waals surface area contributed by atoms with Crippen LogP contribution in [0.15, 0.2) is 53.7 Å². The molecule has 1 aliphatic heterocycles. The van der Waals surface area contributed by atoms with Crippen molar-refractivity contribution in [3.05, 3.63) is 70.7 Å². The number of rotatable bonds is 9. The molecule has 35 heavy (non-hydrogen) atoms. The molecule has 0 radical (unpaired) electrons. The average molecular weight is 478 g/mol. The third-order valence-electron chi connectivity index (χ3n) is 5.90. The smallest absolute Gasteiger partial charge is 0.255 e. The number of carbonyl (C=O) groups is 1. The van der Waals surface area contributed by atoms with Gasteiger partial charge in [-0.25, -0.2) is 4.68 Å². The van der Waals surface area contributed by atoms with E-state index < -0.39 is 6.04 Å². The molecular formula is C26H31N5O4. The first-order valence-corrected chi connectivity index (χ1v) is 11.7. The van der Waals surface area contributed by atoms with Gasteiger partial charge in [-0.05, 0) is 56.5 Å². The van der Waals surface area contributed by atoms with Crippen LogP contribution in [0.3, 0.4) is 0 Å². The number of fused-ring (bicyclic) bond motifs is 1.